The third-order valence-corrected chi connectivity index (χ3v) is 12.9. The van der Waals surface area contributed by atoms with Crippen LogP contribution >= 0.6 is 0 Å². The van der Waals surface area contributed by atoms with E-state index in [1.54, 1.807) is 24.3 Å². The Hall–Kier alpha value is -6.91. The Balaban J connectivity index is 1.17. The van der Waals surface area contributed by atoms with Crippen molar-refractivity contribution in [2.75, 3.05) is 11.9 Å². The molecule has 9 rings (SSSR count). The fraction of sp³-hybridized carbons (Fsp3) is 0.130. The predicted octanol–water partition coefficient (Wildman–Crippen LogP) is 9.04. The van der Waals surface area contributed by atoms with E-state index >= 15 is 26.3 Å². The minimum Gasteiger partial charge on any atom is -0.282 e. The van der Waals surface area contributed by atoms with Gasteiger partial charge in [0.05, 0.1) is 38.3 Å². The summed E-state index contributed by atoms with van der Waals surface area (Å²) in [5.41, 5.74) is -6.52. The Kier molecular flexibility index (Phi) is 8.68. The maximum absolute atomic E-state index is 15.2. The molecule has 3 aliphatic rings. The molecule has 312 valence electrons. The van der Waals surface area contributed by atoms with Gasteiger partial charge in [0.1, 0.15) is 0 Å². The van der Waals surface area contributed by atoms with E-state index in [1.165, 1.54) is 24.3 Å². The fourth-order valence-electron chi connectivity index (χ4n) is 9.16. The van der Waals surface area contributed by atoms with Gasteiger partial charge in [0.25, 0.3) is 33.7 Å². The van der Waals surface area contributed by atoms with E-state index in [9.17, 15) is 32.1 Å². The molecule has 6 aromatic rings. The number of halogens is 6. The zero-order valence-electron chi connectivity index (χ0n) is 32.1. The number of hydrogen-bond acceptors (Lipinski definition) is 6. The van der Waals surface area contributed by atoms with Gasteiger partial charge in [-0.1, -0.05) is 84.4 Å². The number of aryl methyl sites for hydroxylation is 1. The molecule has 16 heteroatoms. The molecule has 1 atom stereocenters. The summed E-state index contributed by atoms with van der Waals surface area (Å²) in [5.74, 6) is -4.25. The van der Waals surface area contributed by atoms with Crippen molar-refractivity contribution in [2.24, 2.45) is 0 Å². The summed E-state index contributed by atoms with van der Waals surface area (Å²) in [6.07, 6.45) is -12.3. The summed E-state index contributed by atoms with van der Waals surface area (Å²) in [4.78, 5) is 53.9. The summed E-state index contributed by atoms with van der Waals surface area (Å²) in [6, 6.07) is 28.0. The average Bonchev–Trinajstić information content (AvgIpc) is 3.74. The van der Waals surface area contributed by atoms with Crippen molar-refractivity contribution in [3.05, 3.63) is 189 Å². The van der Waals surface area contributed by atoms with Crippen LogP contribution in [-0.2, 0) is 20.9 Å². The van der Waals surface area contributed by atoms with Gasteiger partial charge in [-0.25, -0.2) is 4.90 Å². The largest absolute Gasteiger partial charge is 0.411 e. The monoisotopic (exact) mass is 866 g/mol. The number of carbonyl (C=O) groups excluding carboxylic acids is 4. The van der Waals surface area contributed by atoms with Crippen LogP contribution in [-0.4, -0.2) is 60.9 Å². The normalized spacial score (nSPS) is 17.4. The zero-order valence-corrected chi connectivity index (χ0v) is 32.9. The van der Waals surface area contributed by atoms with Gasteiger partial charge in [-0.2, -0.15) is 34.8 Å². The third-order valence-electron chi connectivity index (χ3n) is 12.0. The first-order chi connectivity index (χ1) is 29.1. The van der Waals surface area contributed by atoms with Gasteiger partial charge in [0.15, 0.2) is 0 Å². The van der Waals surface area contributed by atoms with Crippen molar-refractivity contribution in [1.29, 1.82) is 0 Å². The molecule has 1 N–H and O–H groups in total. The van der Waals surface area contributed by atoms with E-state index in [0.29, 0.717) is 68.5 Å². The zero-order chi connectivity index (χ0) is 44.5. The number of hydrogen-bond donors (Lipinski definition) is 1. The molecule has 62 heavy (non-hydrogen) atoms. The molecule has 1 unspecified atom stereocenters. The summed E-state index contributed by atoms with van der Waals surface area (Å²) in [7, 11) is -3.64. The van der Waals surface area contributed by atoms with E-state index in [4.69, 9.17) is 0 Å². The number of amides is 4. The molecule has 0 aromatic heterocycles. The van der Waals surface area contributed by atoms with Crippen molar-refractivity contribution in [3.63, 3.8) is 0 Å². The van der Waals surface area contributed by atoms with Crippen LogP contribution in [0.25, 0.3) is 11.1 Å². The lowest BCUT2D eigenvalue weighted by Gasteiger charge is -2.38. The van der Waals surface area contributed by atoms with Crippen LogP contribution in [0.3, 0.4) is 0 Å². The van der Waals surface area contributed by atoms with E-state index in [1.807, 2.05) is 49.4 Å². The van der Waals surface area contributed by atoms with Crippen molar-refractivity contribution in [3.8, 4) is 11.1 Å². The highest BCUT2D eigenvalue weighted by atomic mass is 32.2. The Morgan fingerprint density at radius 2 is 1.00 bits per heavy atom. The highest BCUT2D eigenvalue weighted by Gasteiger charge is 2.73. The summed E-state index contributed by atoms with van der Waals surface area (Å²) >= 11 is 0. The lowest BCUT2D eigenvalue weighted by Crippen LogP contribution is -2.55. The van der Waals surface area contributed by atoms with Gasteiger partial charge in [0.2, 0.25) is 5.41 Å². The van der Waals surface area contributed by atoms with Gasteiger partial charge in [-0.3, -0.25) is 28.6 Å². The number of benzene rings is 6. The van der Waals surface area contributed by atoms with Gasteiger partial charge in [-0.15, -0.1) is 0 Å². The second-order valence-electron chi connectivity index (χ2n) is 15.3. The molecular formula is C46H28F6N2O7S. The number of anilines is 1. The lowest BCUT2D eigenvalue weighted by atomic mass is 9.67. The van der Waals surface area contributed by atoms with Crippen molar-refractivity contribution in [2.45, 2.75) is 35.0 Å². The maximum Gasteiger partial charge on any atom is 0.411 e. The number of nitrogens with zero attached hydrogens (tertiary/aromatic N) is 2. The maximum atomic E-state index is 15.2. The lowest BCUT2D eigenvalue weighted by molar-refractivity contribution is -0.288. The third kappa shape index (κ3) is 5.42. The molecule has 0 saturated heterocycles. The molecule has 0 bridgehead atoms. The fourth-order valence-corrected chi connectivity index (χ4v) is 9.66. The van der Waals surface area contributed by atoms with E-state index in [2.05, 4.69) is 0 Å². The first-order valence-electron chi connectivity index (χ1n) is 18.7. The highest BCUT2D eigenvalue weighted by Crippen LogP contribution is 2.58. The topological polar surface area (TPSA) is 129 Å². The quantitative estimate of drug-likeness (QED) is 0.100. The standard InChI is InChI=1S/C46H28F6N2O7S/c1-24-7-9-25(10-8-24)43(37-6-4-3-5-31(37)32-20-17-30(23-38(32)43)62(59,60)61)26-11-15-29(16-12-26)54-41(57)34-19-14-28(22-36(34)42(54)58)44(45(47,48)49,46(50,51)52)27-13-18-33-35(21-27)40(56)53(2)39(33)55/h3-23H,1-2H3,(H,59,60,61). The van der Waals surface area contributed by atoms with Gasteiger partial charge in [-0.05, 0) is 100.0 Å². The SMILES string of the molecule is Cc1ccc(C2(c3ccc(N4C(=O)c5ccc(C(c6ccc7c(c6)C(=O)N(C)C7=O)(C(F)(F)F)C(F)(F)F)cc5C4=O)cc3)c3ccccc3-c3ccc(S(=O)(=O)O)cc32)cc1. The first kappa shape index (κ1) is 40.5. The van der Waals surface area contributed by atoms with Crippen LogP contribution in [0.2, 0.25) is 0 Å². The molecule has 2 aliphatic heterocycles. The van der Waals surface area contributed by atoms with Gasteiger partial charge in [0, 0.05) is 7.05 Å². The molecular weight excluding hydrogens is 839 g/mol. The van der Waals surface area contributed by atoms with Crippen molar-refractivity contribution < 1.29 is 58.5 Å². The van der Waals surface area contributed by atoms with E-state index in [0.717, 1.165) is 23.7 Å². The average molecular weight is 867 g/mol. The van der Waals surface area contributed by atoms with Gasteiger partial charge < -0.3 is 0 Å². The van der Waals surface area contributed by atoms with E-state index < -0.39 is 84.7 Å². The molecule has 0 fully saturated rings. The summed E-state index contributed by atoms with van der Waals surface area (Å²) in [5, 5.41) is 0. The number of fused-ring (bicyclic) bond motifs is 5. The smallest absolute Gasteiger partial charge is 0.282 e. The van der Waals surface area contributed by atoms with Crippen LogP contribution in [0.1, 0.15) is 80.4 Å². The highest BCUT2D eigenvalue weighted by molar-refractivity contribution is 7.85. The summed E-state index contributed by atoms with van der Waals surface area (Å²) < 4.78 is 126. The molecule has 0 radical (unpaired) electrons. The predicted molar refractivity (Wildman–Crippen MR) is 212 cm³/mol. The van der Waals surface area contributed by atoms with E-state index in [-0.39, 0.29) is 16.1 Å². The molecule has 9 nitrogen and oxygen atoms in total. The second kappa shape index (κ2) is 13.3. The number of rotatable bonds is 6. The van der Waals surface area contributed by atoms with Crippen LogP contribution in [0, 0.1) is 6.92 Å². The number of carbonyl (C=O) groups is 4. The van der Waals surface area contributed by atoms with Gasteiger partial charge >= 0.3 is 12.4 Å². The first-order valence-corrected chi connectivity index (χ1v) is 20.1. The molecule has 2 heterocycles. The molecule has 6 aromatic carbocycles. The van der Waals surface area contributed by atoms with Crippen molar-refractivity contribution >= 4 is 39.4 Å². The summed E-state index contributed by atoms with van der Waals surface area (Å²) in [6.45, 7) is 1.88. The van der Waals surface area contributed by atoms with Crippen molar-refractivity contribution in [1.82, 2.24) is 4.90 Å². The van der Waals surface area contributed by atoms with Crippen LogP contribution < -0.4 is 4.90 Å². The molecule has 0 saturated carbocycles. The van der Waals surface area contributed by atoms with Crippen LogP contribution in [0.4, 0.5) is 32.0 Å². The molecule has 0 spiro atoms. The Morgan fingerprint density at radius 1 is 0.532 bits per heavy atom. The Bertz CT molecular complexity index is 3080. The Labute approximate surface area is 348 Å². The minimum absolute atomic E-state index is 0.0809. The molecule has 1 aliphatic carbocycles. The number of alkyl halides is 6. The molecule has 4 amide bonds. The second-order valence-corrected chi connectivity index (χ2v) is 16.7. The Morgan fingerprint density at radius 3 is 1.56 bits per heavy atom. The van der Waals surface area contributed by atoms with Crippen LogP contribution in [0.5, 0.6) is 0 Å². The number of imide groups is 2. The minimum atomic E-state index is -6.13. The van der Waals surface area contributed by atoms with Crippen LogP contribution in [0.15, 0.2) is 132 Å².